The van der Waals surface area contributed by atoms with Crippen LogP contribution in [-0.4, -0.2) is 28.2 Å². The summed E-state index contributed by atoms with van der Waals surface area (Å²) in [6, 6.07) is 22.1. The lowest BCUT2D eigenvalue weighted by Crippen LogP contribution is -2.37. The second kappa shape index (κ2) is 8.19. The number of nitrogens with zero attached hydrogens (tertiary/aromatic N) is 1. The molecule has 0 N–H and O–H groups in total. The van der Waals surface area contributed by atoms with Gasteiger partial charge in [0.2, 0.25) is 0 Å². The fraction of sp³-hybridized carbons (Fsp3) is 0.0870. The molecule has 6 heteroatoms. The van der Waals surface area contributed by atoms with Crippen molar-refractivity contribution in [2.24, 2.45) is 0 Å². The van der Waals surface area contributed by atoms with Crippen LogP contribution in [0.3, 0.4) is 0 Å². The number of carbonyl (C=O) groups excluding carboxylic acids is 2. The lowest BCUT2D eigenvalue weighted by molar-refractivity contribution is -0.148. The highest BCUT2D eigenvalue weighted by atomic mass is 32.2. The number of thiocarbonyl (C=S) groups is 1. The summed E-state index contributed by atoms with van der Waals surface area (Å²) in [6.45, 7) is 0. The molecule has 1 fully saturated rings. The Hall–Kier alpha value is -2.96. The van der Waals surface area contributed by atoms with Crippen LogP contribution in [0.2, 0.25) is 0 Å². The fourth-order valence-electron chi connectivity index (χ4n) is 3.36. The summed E-state index contributed by atoms with van der Waals surface area (Å²) in [4.78, 5) is 27.6. The van der Waals surface area contributed by atoms with Crippen molar-refractivity contribution in [2.75, 3.05) is 7.11 Å². The van der Waals surface area contributed by atoms with Crippen LogP contribution >= 0.6 is 24.0 Å². The summed E-state index contributed by atoms with van der Waals surface area (Å²) < 4.78 is 5.30. The molecule has 4 nitrogen and oxygen atoms in total. The van der Waals surface area contributed by atoms with E-state index in [9.17, 15) is 9.59 Å². The van der Waals surface area contributed by atoms with Gasteiger partial charge in [-0.1, -0.05) is 96.8 Å². The van der Waals surface area contributed by atoms with Crippen molar-refractivity contribution in [2.45, 2.75) is 6.04 Å². The van der Waals surface area contributed by atoms with Gasteiger partial charge in [-0.3, -0.25) is 9.69 Å². The monoisotopic (exact) mass is 419 g/mol. The number of fused-ring (bicyclic) bond motifs is 1. The summed E-state index contributed by atoms with van der Waals surface area (Å²) in [5.41, 5.74) is 1.58. The lowest BCUT2D eigenvalue weighted by Gasteiger charge is -2.24. The third-order valence-electron chi connectivity index (χ3n) is 4.73. The first-order valence-corrected chi connectivity index (χ1v) is 10.2. The molecule has 1 saturated heterocycles. The van der Waals surface area contributed by atoms with Crippen molar-refractivity contribution in [1.82, 2.24) is 4.90 Å². The summed E-state index contributed by atoms with van der Waals surface area (Å²) in [7, 11) is 1.31. The molecular weight excluding hydrogens is 402 g/mol. The number of benzene rings is 3. The minimum Gasteiger partial charge on any atom is -0.467 e. The maximum absolute atomic E-state index is 13.2. The molecule has 144 valence electrons. The molecule has 1 heterocycles. The maximum Gasteiger partial charge on any atom is 0.333 e. The van der Waals surface area contributed by atoms with Crippen LogP contribution in [-0.2, 0) is 14.3 Å². The van der Waals surface area contributed by atoms with E-state index in [2.05, 4.69) is 0 Å². The number of hydrogen-bond acceptors (Lipinski definition) is 5. The number of amides is 1. The predicted molar refractivity (Wildman–Crippen MR) is 120 cm³/mol. The molecule has 29 heavy (non-hydrogen) atoms. The Balaban J connectivity index is 1.75. The zero-order valence-corrected chi connectivity index (χ0v) is 17.2. The van der Waals surface area contributed by atoms with Crippen LogP contribution in [0.25, 0.3) is 16.8 Å². The van der Waals surface area contributed by atoms with Crippen molar-refractivity contribution in [3.05, 3.63) is 88.8 Å². The summed E-state index contributed by atoms with van der Waals surface area (Å²) in [6.07, 6.45) is 1.83. The van der Waals surface area contributed by atoms with Crippen LogP contribution in [0.4, 0.5) is 0 Å². The highest BCUT2D eigenvalue weighted by Gasteiger charge is 2.41. The summed E-state index contributed by atoms with van der Waals surface area (Å²) in [5.74, 6) is -0.828. The average Bonchev–Trinajstić information content (AvgIpc) is 3.02. The highest BCUT2D eigenvalue weighted by molar-refractivity contribution is 8.26. The molecule has 0 radical (unpaired) electrons. The molecule has 0 aliphatic carbocycles. The number of ether oxygens (including phenoxy) is 1. The predicted octanol–water partition coefficient (Wildman–Crippen LogP) is 4.96. The minimum atomic E-state index is -0.910. The van der Waals surface area contributed by atoms with Crippen LogP contribution < -0.4 is 0 Å². The third-order valence-corrected chi connectivity index (χ3v) is 6.06. The standard InChI is InChI=1S/C23H17NO3S2/c1-27-22(26)20(16-9-3-2-4-10-16)24-21(25)19(29-23(24)28)14-17-12-7-11-15-8-5-6-13-18(15)17/h2-14,20H,1H3/b19-14-. The van der Waals surface area contributed by atoms with E-state index >= 15 is 0 Å². The van der Waals surface area contributed by atoms with E-state index in [1.54, 1.807) is 12.1 Å². The molecular formula is C23H17NO3S2. The molecule has 1 unspecified atom stereocenters. The molecule has 3 aromatic rings. The maximum atomic E-state index is 13.2. The lowest BCUT2D eigenvalue weighted by atomic mass is 10.0. The smallest absolute Gasteiger partial charge is 0.333 e. The Morgan fingerprint density at radius 3 is 2.48 bits per heavy atom. The Morgan fingerprint density at radius 2 is 1.72 bits per heavy atom. The number of hydrogen-bond donors (Lipinski definition) is 0. The van der Waals surface area contributed by atoms with Crippen molar-refractivity contribution >= 4 is 57.0 Å². The molecule has 0 spiro atoms. The Bertz CT molecular complexity index is 1140. The van der Waals surface area contributed by atoms with E-state index in [0.29, 0.717) is 14.8 Å². The average molecular weight is 420 g/mol. The van der Waals surface area contributed by atoms with E-state index < -0.39 is 12.0 Å². The first-order chi connectivity index (χ1) is 14.1. The molecule has 0 bridgehead atoms. The van der Waals surface area contributed by atoms with E-state index in [4.69, 9.17) is 17.0 Å². The number of rotatable bonds is 4. The van der Waals surface area contributed by atoms with Gasteiger partial charge in [-0.05, 0) is 28.0 Å². The molecule has 1 amide bonds. The number of thioether (sulfide) groups is 1. The van der Waals surface area contributed by atoms with E-state index in [1.165, 1.54) is 23.8 Å². The number of methoxy groups -OCH3 is 1. The Morgan fingerprint density at radius 1 is 1.03 bits per heavy atom. The van der Waals surface area contributed by atoms with E-state index in [1.807, 2.05) is 66.7 Å². The fourth-order valence-corrected chi connectivity index (χ4v) is 4.66. The second-order valence-corrected chi connectivity index (χ2v) is 8.13. The van der Waals surface area contributed by atoms with Crippen molar-refractivity contribution < 1.29 is 14.3 Å². The number of esters is 1. The molecule has 1 aliphatic heterocycles. The van der Waals surface area contributed by atoms with Crippen molar-refractivity contribution in [3.63, 3.8) is 0 Å². The number of carbonyl (C=O) groups is 2. The molecule has 3 aromatic carbocycles. The van der Waals surface area contributed by atoms with Gasteiger partial charge >= 0.3 is 5.97 Å². The molecule has 0 saturated carbocycles. The zero-order chi connectivity index (χ0) is 20.4. The zero-order valence-electron chi connectivity index (χ0n) is 15.6. The molecule has 0 aromatic heterocycles. The van der Waals surface area contributed by atoms with Crippen molar-refractivity contribution in [3.8, 4) is 0 Å². The van der Waals surface area contributed by atoms with E-state index in [0.717, 1.165) is 16.3 Å². The van der Waals surface area contributed by atoms with Crippen LogP contribution in [0, 0.1) is 0 Å². The highest BCUT2D eigenvalue weighted by Crippen LogP contribution is 2.39. The molecule has 1 aliphatic rings. The largest absolute Gasteiger partial charge is 0.467 e. The quantitative estimate of drug-likeness (QED) is 0.340. The van der Waals surface area contributed by atoms with Crippen LogP contribution in [0.15, 0.2) is 77.7 Å². The second-order valence-electron chi connectivity index (χ2n) is 6.46. The van der Waals surface area contributed by atoms with Crippen molar-refractivity contribution in [1.29, 1.82) is 0 Å². The van der Waals surface area contributed by atoms with Gasteiger partial charge < -0.3 is 4.74 Å². The van der Waals surface area contributed by atoms with Gasteiger partial charge in [0.25, 0.3) is 5.91 Å². The molecule has 4 rings (SSSR count). The SMILES string of the molecule is COC(=O)C(c1ccccc1)N1C(=O)/C(=C/c2cccc3ccccc23)SC1=S. The van der Waals surface area contributed by atoms with Gasteiger partial charge in [0.05, 0.1) is 12.0 Å². The Labute approximate surface area is 178 Å². The normalized spacial score (nSPS) is 16.4. The topological polar surface area (TPSA) is 46.6 Å². The summed E-state index contributed by atoms with van der Waals surface area (Å²) in [5, 5.41) is 2.14. The summed E-state index contributed by atoms with van der Waals surface area (Å²) >= 11 is 6.67. The first kappa shape index (κ1) is 19.4. The van der Waals surface area contributed by atoms with Gasteiger partial charge in [-0.25, -0.2) is 4.79 Å². The van der Waals surface area contributed by atoms with Gasteiger partial charge in [0.15, 0.2) is 6.04 Å². The van der Waals surface area contributed by atoms with E-state index in [-0.39, 0.29) is 5.91 Å². The van der Waals surface area contributed by atoms with Gasteiger partial charge in [-0.2, -0.15) is 0 Å². The van der Waals surface area contributed by atoms with Gasteiger partial charge in [0, 0.05) is 0 Å². The first-order valence-electron chi connectivity index (χ1n) is 8.98. The van der Waals surface area contributed by atoms with Crippen LogP contribution in [0.5, 0.6) is 0 Å². The third kappa shape index (κ3) is 3.69. The van der Waals surface area contributed by atoms with Crippen LogP contribution in [0.1, 0.15) is 17.2 Å². The minimum absolute atomic E-state index is 0.299. The Kier molecular flexibility index (Phi) is 5.47. The van der Waals surface area contributed by atoms with Gasteiger partial charge in [-0.15, -0.1) is 0 Å². The van der Waals surface area contributed by atoms with Gasteiger partial charge in [0.1, 0.15) is 4.32 Å². The molecule has 1 atom stereocenters.